The smallest absolute Gasteiger partial charge is 0.0393 e. The maximum atomic E-state index is 5.74. The molecule has 1 atom stereocenters. The Morgan fingerprint density at radius 3 is 2.54 bits per heavy atom. The van der Waals surface area contributed by atoms with Crippen molar-refractivity contribution < 1.29 is 0 Å². The molecule has 1 aromatic carbocycles. The summed E-state index contributed by atoms with van der Waals surface area (Å²) in [5, 5.41) is 0. The Labute approximate surface area is 80.4 Å². The van der Waals surface area contributed by atoms with E-state index in [1.54, 1.807) is 0 Å². The number of hydrogen-bond donors (Lipinski definition) is 1. The van der Waals surface area contributed by atoms with Crippen molar-refractivity contribution in [3.63, 3.8) is 0 Å². The van der Waals surface area contributed by atoms with E-state index in [1.165, 1.54) is 11.3 Å². The lowest BCUT2D eigenvalue weighted by molar-refractivity contribution is 0.716. The monoisotopic (exact) mass is 178 g/mol. The fourth-order valence-electron chi connectivity index (χ4n) is 1.52. The van der Waals surface area contributed by atoms with Crippen molar-refractivity contribution >= 4 is 5.69 Å². The molecule has 0 saturated carbocycles. The van der Waals surface area contributed by atoms with Crippen LogP contribution in [0.3, 0.4) is 0 Å². The number of anilines is 1. The molecule has 0 fully saturated rings. The quantitative estimate of drug-likeness (QED) is 0.764. The first-order valence-electron chi connectivity index (χ1n) is 4.63. The maximum absolute atomic E-state index is 5.74. The third kappa shape index (κ3) is 2.74. The molecule has 0 aliphatic carbocycles. The fraction of sp³-hybridized carbons (Fsp3) is 0.455. The summed E-state index contributed by atoms with van der Waals surface area (Å²) in [4.78, 5) is 2.19. The zero-order chi connectivity index (χ0) is 9.84. The van der Waals surface area contributed by atoms with Gasteiger partial charge in [-0.3, -0.25) is 0 Å². The second kappa shape index (κ2) is 4.28. The summed E-state index contributed by atoms with van der Waals surface area (Å²) in [6.45, 7) is 5.03. The van der Waals surface area contributed by atoms with Crippen LogP contribution >= 0.6 is 0 Å². The Hall–Kier alpha value is -1.02. The molecule has 1 aromatic rings. The Morgan fingerprint density at radius 1 is 1.38 bits per heavy atom. The zero-order valence-electron chi connectivity index (χ0n) is 8.62. The van der Waals surface area contributed by atoms with Crippen LogP contribution in [-0.2, 0) is 0 Å². The van der Waals surface area contributed by atoms with Crippen LogP contribution < -0.4 is 10.6 Å². The molecule has 13 heavy (non-hydrogen) atoms. The summed E-state index contributed by atoms with van der Waals surface area (Å²) in [7, 11) is 2.08. The highest BCUT2D eigenvalue weighted by Gasteiger charge is 2.04. The van der Waals surface area contributed by atoms with E-state index in [0.29, 0.717) is 0 Å². The minimum absolute atomic E-state index is 0.213. The van der Waals surface area contributed by atoms with Crippen molar-refractivity contribution in [1.29, 1.82) is 0 Å². The van der Waals surface area contributed by atoms with Crippen LogP contribution in [0.15, 0.2) is 24.3 Å². The van der Waals surface area contributed by atoms with Crippen LogP contribution in [0.4, 0.5) is 5.69 Å². The first-order chi connectivity index (χ1) is 6.11. The summed E-state index contributed by atoms with van der Waals surface area (Å²) in [6, 6.07) is 8.56. The van der Waals surface area contributed by atoms with Crippen LogP contribution in [0.25, 0.3) is 0 Å². The molecule has 0 saturated heterocycles. The van der Waals surface area contributed by atoms with Crippen molar-refractivity contribution in [3.8, 4) is 0 Å². The number of nitrogens with zero attached hydrogens (tertiary/aromatic N) is 1. The van der Waals surface area contributed by atoms with Crippen molar-refractivity contribution in [3.05, 3.63) is 29.8 Å². The highest BCUT2D eigenvalue weighted by atomic mass is 15.1. The molecule has 0 aliphatic heterocycles. The normalized spacial score (nSPS) is 12.6. The van der Waals surface area contributed by atoms with E-state index in [2.05, 4.69) is 43.1 Å². The molecule has 0 bridgehead atoms. The number of likely N-dealkylation sites (N-methyl/N-ethyl adjacent to an activating group) is 1. The molecule has 2 nitrogen and oxygen atoms in total. The second-order valence-corrected chi connectivity index (χ2v) is 3.64. The molecule has 0 aliphatic rings. The highest BCUT2D eigenvalue weighted by Crippen LogP contribution is 2.17. The van der Waals surface area contributed by atoms with E-state index in [9.17, 15) is 0 Å². The number of nitrogens with two attached hydrogens (primary N) is 1. The second-order valence-electron chi connectivity index (χ2n) is 3.64. The predicted octanol–water partition coefficient (Wildman–Crippen LogP) is 1.78. The van der Waals surface area contributed by atoms with Crippen LogP contribution in [0, 0.1) is 6.92 Å². The van der Waals surface area contributed by atoms with Crippen LogP contribution in [0.2, 0.25) is 0 Å². The van der Waals surface area contributed by atoms with Gasteiger partial charge in [0.05, 0.1) is 0 Å². The molecule has 1 unspecified atom stereocenters. The Kier molecular flexibility index (Phi) is 3.32. The summed E-state index contributed by atoms with van der Waals surface area (Å²) in [6.07, 6.45) is 0. The lowest BCUT2D eigenvalue weighted by atomic mass is 10.2. The van der Waals surface area contributed by atoms with Crippen LogP contribution in [0.1, 0.15) is 12.5 Å². The maximum Gasteiger partial charge on any atom is 0.0393 e. The molecule has 2 N–H and O–H groups in total. The van der Waals surface area contributed by atoms with Gasteiger partial charge in [-0.05, 0) is 25.5 Å². The van der Waals surface area contributed by atoms with Crippen LogP contribution in [0.5, 0.6) is 0 Å². The van der Waals surface area contributed by atoms with Crippen molar-refractivity contribution in [2.75, 3.05) is 18.5 Å². The number of aryl methyl sites for hydroxylation is 1. The van der Waals surface area contributed by atoms with Gasteiger partial charge in [-0.1, -0.05) is 18.2 Å². The summed E-state index contributed by atoms with van der Waals surface area (Å²) >= 11 is 0. The zero-order valence-corrected chi connectivity index (χ0v) is 8.62. The average Bonchev–Trinajstić information content (AvgIpc) is 2.03. The minimum atomic E-state index is 0.213. The Balaban J connectivity index is 2.76. The van der Waals surface area contributed by atoms with E-state index in [-0.39, 0.29) is 6.04 Å². The summed E-state index contributed by atoms with van der Waals surface area (Å²) in [5.41, 5.74) is 8.30. The van der Waals surface area contributed by atoms with Gasteiger partial charge in [0.1, 0.15) is 0 Å². The Morgan fingerprint density at radius 2 is 2.00 bits per heavy atom. The van der Waals surface area contributed by atoms with E-state index in [0.717, 1.165) is 6.54 Å². The number of para-hydroxylation sites is 1. The molecular formula is C11H18N2. The number of benzene rings is 1. The molecule has 2 heteroatoms. The van der Waals surface area contributed by atoms with Gasteiger partial charge in [0.15, 0.2) is 0 Å². The molecule has 1 rings (SSSR count). The lowest BCUT2D eigenvalue weighted by Gasteiger charge is -2.23. The first kappa shape index (κ1) is 10.1. The molecule has 72 valence electrons. The lowest BCUT2D eigenvalue weighted by Crippen LogP contribution is -2.33. The SMILES string of the molecule is Cc1ccccc1N(C)CC(C)N. The van der Waals surface area contributed by atoms with Crippen molar-refractivity contribution in [1.82, 2.24) is 0 Å². The van der Waals surface area contributed by atoms with Crippen molar-refractivity contribution in [2.24, 2.45) is 5.73 Å². The third-order valence-electron chi connectivity index (χ3n) is 2.09. The third-order valence-corrected chi connectivity index (χ3v) is 2.09. The van der Waals surface area contributed by atoms with Gasteiger partial charge in [0, 0.05) is 25.3 Å². The largest absolute Gasteiger partial charge is 0.373 e. The topological polar surface area (TPSA) is 29.3 Å². The standard InChI is InChI=1S/C11H18N2/c1-9-6-4-5-7-11(9)13(3)8-10(2)12/h4-7,10H,8,12H2,1-3H3. The summed E-state index contributed by atoms with van der Waals surface area (Å²) in [5.74, 6) is 0. The van der Waals surface area contributed by atoms with Gasteiger partial charge >= 0.3 is 0 Å². The van der Waals surface area contributed by atoms with E-state index in [1.807, 2.05) is 6.92 Å². The molecule has 0 spiro atoms. The van der Waals surface area contributed by atoms with Gasteiger partial charge in [-0.25, -0.2) is 0 Å². The summed E-state index contributed by atoms with van der Waals surface area (Å²) < 4.78 is 0. The van der Waals surface area contributed by atoms with Gasteiger partial charge in [-0.15, -0.1) is 0 Å². The molecule has 0 amide bonds. The average molecular weight is 178 g/mol. The van der Waals surface area contributed by atoms with E-state index < -0.39 is 0 Å². The molecule has 0 radical (unpaired) electrons. The molecular weight excluding hydrogens is 160 g/mol. The van der Waals surface area contributed by atoms with Crippen LogP contribution in [-0.4, -0.2) is 19.6 Å². The van der Waals surface area contributed by atoms with Gasteiger partial charge in [-0.2, -0.15) is 0 Å². The first-order valence-corrected chi connectivity index (χ1v) is 4.63. The fourth-order valence-corrected chi connectivity index (χ4v) is 1.52. The van der Waals surface area contributed by atoms with Gasteiger partial charge in [0.2, 0.25) is 0 Å². The number of rotatable bonds is 3. The van der Waals surface area contributed by atoms with Crippen molar-refractivity contribution in [2.45, 2.75) is 19.9 Å². The number of hydrogen-bond acceptors (Lipinski definition) is 2. The van der Waals surface area contributed by atoms with E-state index in [4.69, 9.17) is 5.73 Å². The minimum Gasteiger partial charge on any atom is -0.373 e. The van der Waals surface area contributed by atoms with Gasteiger partial charge < -0.3 is 10.6 Å². The molecule has 0 heterocycles. The Bertz CT molecular complexity index is 269. The predicted molar refractivity (Wildman–Crippen MR) is 58.1 cm³/mol. The highest BCUT2D eigenvalue weighted by molar-refractivity contribution is 5.52. The van der Waals surface area contributed by atoms with Gasteiger partial charge in [0.25, 0.3) is 0 Å². The van der Waals surface area contributed by atoms with E-state index >= 15 is 0 Å². The molecule has 0 aromatic heterocycles.